The van der Waals surface area contributed by atoms with Crippen molar-refractivity contribution in [2.75, 3.05) is 20.1 Å². The Bertz CT molecular complexity index is 450. The highest BCUT2D eigenvalue weighted by atomic mass is 16.3. The van der Waals surface area contributed by atoms with Crippen LogP contribution in [0, 0.1) is 0 Å². The van der Waals surface area contributed by atoms with Gasteiger partial charge in [-0.2, -0.15) is 0 Å². The molecule has 0 spiro atoms. The van der Waals surface area contributed by atoms with Crippen molar-refractivity contribution in [2.24, 2.45) is 0 Å². The molecule has 2 heterocycles. The van der Waals surface area contributed by atoms with E-state index in [0.29, 0.717) is 5.92 Å². The normalized spacial score (nSPS) is 19.3. The molecule has 1 aliphatic heterocycles. The summed E-state index contributed by atoms with van der Waals surface area (Å²) in [6.07, 6.45) is 2.31. The first-order valence-corrected chi connectivity index (χ1v) is 5.87. The Balaban J connectivity index is 1.88. The van der Waals surface area contributed by atoms with Gasteiger partial charge in [-0.05, 0) is 45.1 Å². The zero-order valence-corrected chi connectivity index (χ0v) is 9.52. The molecule has 0 saturated carbocycles. The third-order valence-electron chi connectivity index (χ3n) is 3.38. The lowest BCUT2D eigenvalue weighted by atomic mass is 9.97. The Morgan fingerprint density at radius 2 is 2.00 bits per heavy atom. The van der Waals surface area contributed by atoms with E-state index >= 15 is 0 Å². The molecule has 2 aromatic rings. The van der Waals surface area contributed by atoms with Gasteiger partial charge < -0.3 is 9.32 Å². The lowest BCUT2D eigenvalue weighted by Crippen LogP contribution is -2.29. The summed E-state index contributed by atoms with van der Waals surface area (Å²) in [5.41, 5.74) is 1.90. The number of likely N-dealkylation sites (tertiary alicyclic amines) is 1. The summed E-state index contributed by atoms with van der Waals surface area (Å²) in [6, 6.07) is 7.99. The van der Waals surface area contributed by atoms with Gasteiger partial charge in [0, 0.05) is 5.92 Å². The van der Waals surface area contributed by atoms with Gasteiger partial charge in [0.15, 0.2) is 11.5 Å². The van der Waals surface area contributed by atoms with Gasteiger partial charge in [-0.1, -0.05) is 12.1 Å². The Morgan fingerprint density at radius 1 is 1.25 bits per heavy atom. The number of hydrogen-bond donors (Lipinski definition) is 0. The summed E-state index contributed by atoms with van der Waals surface area (Å²) in [6.45, 7) is 2.28. The number of oxazole rings is 1. The number of rotatable bonds is 1. The average molecular weight is 216 g/mol. The van der Waals surface area contributed by atoms with Gasteiger partial charge in [-0.3, -0.25) is 0 Å². The molecule has 1 aromatic carbocycles. The van der Waals surface area contributed by atoms with Crippen molar-refractivity contribution < 1.29 is 4.42 Å². The highest BCUT2D eigenvalue weighted by molar-refractivity contribution is 5.72. The smallest absolute Gasteiger partial charge is 0.198 e. The second-order valence-electron chi connectivity index (χ2n) is 4.60. The van der Waals surface area contributed by atoms with E-state index in [-0.39, 0.29) is 0 Å². The first-order chi connectivity index (χ1) is 7.83. The lowest BCUT2D eigenvalue weighted by Gasteiger charge is -2.26. The Hall–Kier alpha value is -1.35. The maximum atomic E-state index is 5.81. The summed E-state index contributed by atoms with van der Waals surface area (Å²) in [5, 5.41) is 0. The molecule has 0 unspecified atom stereocenters. The third kappa shape index (κ3) is 1.71. The first kappa shape index (κ1) is 9.85. The fraction of sp³-hybridized carbons (Fsp3) is 0.462. The van der Waals surface area contributed by atoms with E-state index in [4.69, 9.17) is 4.42 Å². The van der Waals surface area contributed by atoms with Gasteiger partial charge in [-0.15, -0.1) is 0 Å². The molecular weight excluding hydrogens is 200 g/mol. The van der Waals surface area contributed by atoms with Crippen LogP contribution in [0.25, 0.3) is 11.1 Å². The summed E-state index contributed by atoms with van der Waals surface area (Å²) < 4.78 is 5.81. The number of para-hydroxylation sites is 2. The molecule has 0 atom stereocenters. The Kier molecular flexibility index (Phi) is 2.40. The number of hydrogen-bond acceptors (Lipinski definition) is 3. The van der Waals surface area contributed by atoms with Crippen LogP contribution in [0.5, 0.6) is 0 Å². The lowest BCUT2D eigenvalue weighted by molar-refractivity contribution is 0.239. The van der Waals surface area contributed by atoms with E-state index in [9.17, 15) is 0 Å². The van der Waals surface area contributed by atoms with Crippen molar-refractivity contribution >= 4 is 11.1 Å². The zero-order chi connectivity index (χ0) is 11.0. The van der Waals surface area contributed by atoms with Gasteiger partial charge in [0.05, 0.1) is 0 Å². The SMILES string of the molecule is CN1CCC(c2nc3ccccc3o2)CC1. The molecule has 3 heteroatoms. The molecule has 1 aliphatic rings. The van der Waals surface area contributed by atoms with Crippen LogP contribution in [0.15, 0.2) is 28.7 Å². The van der Waals surface area contributed by atoms with Crippen molar-refractivity contribution in [2.45, 2.75) is 18.8 Å². The minimum Gasteiger partial charge on any atom is -0.440 e. The quantitative estimate of drug-likeness (QED) is 0.734. The number of nitrogens with zero attached hydrogens (tertiary/aromatic N) is 2. The van der Waals surface area contributed by atoms with Crippen molar-refractivity contribution in [3.8, 4) is 0 Å². The fourth-order valence-corrected chi connectivity index (χ4v) is 2.32. The van der Waals surface area contributed by atoms with Crippen molar-refractivity contribution in [1.29, 1.82) is 0 Å². The standard InChI is InChI=1S/C13H16N2O/c1-15-8-6-10(7-9-15)13-14-11-4-2-3-5-12(11)16-13/h2-5,10H,6-9H2,1H3. The van der Waals surface area contributed by atoms with Crippen molar-refractivity contribution in [3.63, 3.8) is 0 Å². The fourth-order valence-electron chi connectivity index (χ4n) is 2.32. The highest BCUT2D eigenvalue weighted by Gasteiger charge is 2.22. The van der Waals surface area contributed by atoms with Crippen LogP contribution in [0.2, 0.25) is 0 Å². The van der Waals surface area contributed by atoms with Crippen LogP contribution < -0.4 is 0 Å². The minimum atomic E-state index is 0.503. The van der Waals surface area contributed by atoms with Gasteiger partial charge in [-0.25, -0.2) is 4.98 Å². The van der Waals surface area contributed by atoms with Gasteiger partial charge in [0.25, 0.3) is 0 Å². The monoisotopic (exact) mass is 216 g/mol. The van der Waals surface area contributed by atoms with E-state index in [1.54, 1.807) is 0 Å². The number of aromatic nitrogens is 1. The molecule has 1 aromatic heterocycles. The third-order valence-corrected chi connectivity index (χ3v) is 3.38. The number of piperidine rings is 1. The minimum absolute atomic E-state index is 0.503. The molecule has 3 rings (SSSR count). The maximum absolute atomic E-state index is 5.81. The van der Waals surface area contributed by atoms with Crippen molar-refractivity contribution in [1.82, 2.24) is 9.88 Å². The average Bonchev–Trinajstić information content (AvgIpc) is 2.73. The predicted octanol–water partition coefficient (Wildman–Crippen LogP) is 2.64. The van der Waals surface area contributed by atoms with E-state index in [2.05, 4.69) is 16.9 Å². The Labute approximate surface area is 95.1 Å². The van der Waals surface area contributed by atoms with E-state index in [1.165, 1.54) is 0 Å². The number of benzene rings is 1. The number of fused-ring (bicyclic) bond motifs is 1. The highest BCUT2D eigenvalue weighted by Crippen LogP contribution is 2.29. The van der Waals surface area contributed by atoms with Gasteiger partial charge in [0.2, 0.25) is 0 Å². The van der Waals surface area contributed by atoms with Crippen LogP contribution in [0.4, 0.5) is 0 Å². The summed E-state index contributed by atoms with van der Waals surface area (Å²) in [5.74, 6) is 1.43. The van der Waals surface area contributed by atoms with E-state index in [0.717, 1.165) is 42.9 Å². The summed E-state index contributed by atoms with van der Waals surface area (Å²) in [7, 11) is 2.17. The van der Waals surface area contributed by atoms with Crippen LogP contribution in [0.3, 0.4) is 0 Å². The molecule has 16 heavy (non-hydrogen) atoms. The van der Waals surface area contributed by atoms with Crippen LogP contribution in [-0.4, -0.2) is 30.0 Å². The van der Waals surface area contributed by atoms with E-state index < -0.39 is 0 Å². The zero-order valence-electron chi connectivity index (χ0n) is 9.52. The Morgan fingerprint density at radius 3 is 2.75 bits per heavy atom. The molecule has 3 nitrogen and oxygen atoms in total. The molecule has 1 fully saturated rings. The summed E-state index contributed by atoms with van der Waals surface area (Å²) in [4.78, 5) is 6.94. The first-order valence-electron chi connectivity index (χ1n) is 5.87. The van der Waals surface area contributed by atoms with Crippen LogP contribution >= 0.6 is 0 Å². The second-order valence-corrected chi connectivity index (χ2v) is 4.60. The molecule has 0 N–H and O–H groups in total. The van der Waals surface area contributed by atoms with Crippen LogP contribution in [-0.2, 0) is 0 Å². The maximum Gasteiger partial charge on any atom is 0.198 e. The second kappa shape index (κ2) is 3.91. The van der Waals surface area contributed by atoms with E-state index in [1.807, 2.05) is 24.3 Å². The molecule has 1 saturated heterocycles. The van der Waals surface area contributed by atoms with Crippen molar-refractivity contribution in [3.05, 3.63) is 30.2 Å². The molecule has 0 amide bonds. The largest absolute Gasteiger partial charge is 0.440 e. The molecule has 0 bridgehead atoms. The molecule has 84 valence electrons. The van der Waals surface area contributed by atoms with Gasteiger partial charge in [0.1, 0.15) is 5.52 Å². The van der Waals surface area contributed by atoms with Crippen LogP contribution in [0.1, 0.15) is 24.7 Å². The summed E-state index contributed by atoms with van der Waals surface area (Å²) >= 11 is 0. The molecule has 0 aliphatic carbocycles. The topological polar surface area (TPSA) is 29.3 Å². The van der Waals surface area contributed by atoms with Gasteiger partial charge >= 0.3 is 0 Å². The predicted molar refractivity (Wildman–Crippen MR) is 63.5 cm³/mol. The molecular formula is C13H16N2O. The molecule has 0 radical (unpaired) electrons.